The molecule has 27 heavy (non-hydrogen) atoms. The van der Waals surface area contributed by atoms with Crippen molar-refractivity contribution in [1.29, 1.82) is 0 Å². The van der Waals surface area contributed by atoms with Crippen molar-refractivity contribution in [2.45, 2.75) is 0 Å². The maximum absolute atomic E-state index is 12.2. The normalized spacial score (nSPS) is 11.7. The van der Waals surface area contributed by atoms with Gasteiger partial charge in [-0.15, -0.1) is 0 Å². The van der Waals surface area contributed by atoms with Crippen LogP contribution in [0.3, 0.4) is 0 Å². The van der Waals surface area contributed by atoms with Gasteiger partial charge in [0.1, 0.15) is 0 Å². The van der Waals surface area contributed by atoms with Crippen LogP contribution >= 0.6 is 11.6 Å². The number of benzene rings is 2. The van der Waals surface area contributed by atoms with Gasteiger partial charge in [-0.05, 0) is 36.4 Å². The zero-order chi connectivity index (χ0) is 18.7. The average molecular weight is 397 g/mol. The number of imide groups is 1. The van der Waals surface area contributed by atoms with Gasteiger partial charge in [-0.25, -0.2) is 4.79 Å². The largest absolute Gasteiger partial charge is 1.00 e. The van der Waals surface area contributed by atoms with Gasteiger partial charge in [-0.2, -0.15) is 0 Å². The Kier molecular flexibility index (Phi) is 7.09. The minimum absolute atomic E-state index is 0. The Labute approximate surface area is 182 Å². The van der Waals surface area contributed by atoms with Crippen molar-refractivity contribution in [2.24, 2.45) is 0 Å². The molecule has 3 amide bonds. The van der Waals surface area contributed by atoms with Crippen molar-refractivity contribution in [3.8, 4) is 0 Å². The molecular weight excluding hydrogens is 383 g/mol. The number of nitrogens with one attached hydrogen (secondary N) is 4. The number of rotatable bonds is 3. The van der Waals surface area contributed by atoms with E-state index in [1.165, 1.54) is 12.1 Å². The SMILES string of the molecule is O=C(NC(=O)c1ccc2c(c1)NCCN2)Nc1ccc(Cl)c(C(=O)[O-])c1.[Na+]. The van der Waals surface area contributed by atoms with Gasteiger partial charge in [0.05, 0.1) is 17.3 Å². The molecule has 0 fully saturated rings. The molecule has 0 saturated heterocycles. The maximum atomic E-state index is 12.2. The van der Waals surface area contributed by atoms with Gasteiger partial charge in [0, 0.05) is 34.9 Å². The molecule has 134 valence electrons. The number of anilines is 3. The van der Waals surface area contributed by atoms with Crippen LogP contribution in [0.4, 0.5) is 21.9 Å². The molecule has 10 heteroatoms. The molecule has 0 bridgehead atoms. The second kappa shape index (κ2) is 9.09. The molecule has 1 heterocycles. The summed E-state index contributed by atoms with van der Waals surface area (Å²) in [6.45, 7) is 1.52. The molecule has 8 nitrogen and oxygen atoms in total. The molecule has 4 N–H and O–H groups in total. The van der Waals surface area contributed by atoms with Crippen molar-refractivity contribution < 1.29 is 49.0 Å². The van der Waals surface area contributed by atoms with E-state index in [9.17, 15) is 19.5 Å². The summed E-state index contributed by atoms with van der Waals surface area (Å²) in [5, 5.41) is 21.8. The van der Waals surface area contributed by atoms with Crippen LogP contribution in [0, 0.1) is 0 Å². The molecule has 2 aromatic rings. The second-order valence-electron chi connectivity index (χ2n) is 5.50. The topological polar surface area (TPSA) is 122 Å². The number of aromatic carboxylic acids is 1. The predicted molar refractivity (Wildman–Crippen MR) is 95.7 cm³/mol. The Bertz CT molecular complexity index is 906. The van der Waals surface area contributed by atoms with E-state index >= 15 is 0 Å². The van der Waals surface area contributed by atoms with Crippen LogP contribution in [-0.4, -0.2) is 31.0 Å². The second-order valence-corrected chi connectivity index (χ2v) is 5.91. The molecule has 0 aromatic heterocycles. The van der Waals surface area contributed by atoms with Crippen LogP contribution < -0.4 is 55.9 Å². The summed E-state index contributed by atoms with van der Waals surface area (Å²) < 4.78 is 0. The Morgan fingerprint density at radius 2 is 1.70 bits per heavy atom. The van der Waals surface area contributed by atoms with Crippen molar-refractivity contribution in [3.63, 3.8) is 0 Å². The van der Waals surface area contributed by atoms with Crippen LogP contribution in [0.1, 0.15) is 20.7 Å². The quantitative estimate of drug-likeness (QED) is 0.469. The fourth-order valence-electron chi connectivity index (χ4n) is 2.48. The number of carbonyl (C=O) groups is 3. The number of carboxylic acid groups (broad SMARTS) is 1. The molecule has 0 atom stereocenters. The molecular formula is C17H14ClN4NaO4. The van der Waals surface area contributed by atoms with Crippen molar-refractivity contribution in [2.75, 3.05) is 29.0 Å². The van der Waals surface area contributed by atoms with E-state index < -0.39 is 17.9 Å². The number of fused-ring (bicyclic) bond motifs is 1. The number of hydrogen-bond donors (Lipinski definition) is 4. The van der Waals surface area contributed by atoms with Gasteiger partial charge in [0.15, 0.2) is 0 Å². The summed E-state index contributed by atoms with van der Waals surface area (Å²) in [7, 11) is 0. The molecule has 1 aliphatic rings. The summed E-state index contributed by atoms with van der Waals surface area (Å²) >= 11 is 5.74. The molecule has 0 unspecified atom stereocenters. The van der Waals surface area contributed by atoms with Crippen molar-refractivity contribution >= 4 is 46.6 Å². The standard InChI is InChI=1S/C17H15ClN4O4.Na/c18-12-3-2-10(8-11(12)16(24)25)21-17(26)22-15(23)9-1-4-13-14(7-9)20-6-5-19-13;/h1-4,7-8,19-20H,5-6H2,(H,24,25)(H2,21,22,23,26);/q;+1/p-1. The third-order valence-electron chi connectivity index (χ3n) is 3.71. The van der Waals surface area contributed by atoms with Crippen LogP contribution in [0.25, 0.3) is 0 Å². The Balaban J connectivity index is 0.00000261. The van der Waals surface area contributed by atoms with E-state index in [0.29, 0.717) is 5.56 Å². The van der Waals surface area contributed by atoms with Crippen LogP contribution in [0.2, 0.25) is 5.02 Å². The number of urea groups is 1. The summed E-state index contributed by atoms with van der Waals surface area (Å²) in [5.74, 6) is -2.06. The van der Waals surface area contributed by atoms with E-state index in [1.807, 2.05) is 0 Å². The Morgan fingerprint density at radius 1 is 1.00 bits per heavy atom. The van der Waals surface area contributed by atoms with Gasteiger partial charge in [0.2, 0.25) is 0 Å². The first-order chi connectivity index (χ1) is 12.4. The average Bonchev–Trinajstić information content (AvgIpc) is 2.62. The monoisotopic (exact) mass is 396 g/mol. The number of carboxylic acids is 1. The minimum Gasteiger partial charge on any atom is -0.545 e. The number of halogens is 1. The first-order valence-corrected chi connectivity index (χ1v) is 8.07. The van der Waals surface area contributed by atoms with Crippen molar-refractivity contribution in [1.82, 2.24) is 5.32 Å². The zero-order valence-electron chi connectivity index (χ0n) is 14.4. The first-order valence-electron chi connectivity index (χ1n) is 7.69. The van der Waals surface area contributed by atoms with E-state index in [-0.39, 0.29) is 45.8 Å². The molecule has 0 aliphatic carbocycles. The van der Waals surface area contributed by atoms with Crippen LogP contribution in [0.15, 0.2) is 36.4 Å². The fourth-order valence-corrected chi connectivity index (χ4v) is 2.67. The van der Waals surface area contributed by atoms with Gasteiger partial charge in [0.25, 0.3) is 5.91 Å². The van der Waals surface area contributed by atoms with Gasteiger partial charge >= 0.3 is 35.6 Å². The van der Waals surface area contributed by atoms with Crippen LogP contribution in [-0.2, 0) is 0 Å². The molecule has 0 spiro atoms. The van der Waals surface area contributed by atoms with E-state index in [0.717, 1.165) is 30.5 Å². The minimum atomic E-state index is -1.47. The molecule has 0 saturated carbocycles. The fraction of sp³-hybridized carbons (Fsp3) is 0.118. The van der Waals surface area contributed by atoms with E-state index in [4.69, 9.17) is 11.6 Å². The number of carbonyl (C=O) groups excluding carboxylic acids is 3. The maximum Gasteiger partial charge on any atom is 1.00 e. The van der Waals surface area contributed by atoms with E-state index in [2.05, 4.69) is 21.3 Å². The first kappa shape index (κ1) is 21.0. The van der Waals surface area contributed by atoms with Gasteiger partial charge in [-0.1, -0.05) is 11.6 Å². The molecule has 0 radical (unpaired) electrons. The Hall–Kier alpha value is -2.26. The number of amides is 3. The third-order valence-corrected chi connectivity index (χ3v) is 4.04. The summed E-state index contributed by atoms with van der Waals surface area (Å²) in [6, 6.07) is 8.05. The molecule has 3 rings (SSSR count). The summed E-state index contributed by atoms with van der Waals surface area (Å²) in [4.78, 5) is 35.1. The summed E-state index contributed by atoms with van der Waals surface area (Å²) in [5.41, 5.74) is 1.87. The molecule has 2 aromatic carbocycles. The Morgan fingerprint density at radius 3 is 2.41 bits per heavy atom. The van der Waals surface area contributed by atoms with E-state index in [1.54, 1.807) is 18.2 Å². The van der Waals surface area contributed by atoms with Crippen LogP contribution in [0.5, 0.6) is 0 Å². The predicted octanol–water partition coefficient (Wildman–Crippen LogP) is -1.49. The smallest absolute Gasteiger partial charge is 0.545 e. The van der Waals surface area contributed by atoms with Crippen molar-refractivity contribution in [3.05, 3.63) is 52.5 Å². The number of hydrogen-bond acceptors (Lipinski definition) is 6. The van der Waals surface area contributed by atoms with Gasteiger partial charge < -0.3 is 25.9 Å². The third kappa shape index (κ3) is 5.14. The molecule has 1 aliphatic heterocycles. The zero-order valence-corrected chi connectivity index (χ0v) is 17.1. The summed E-state index contributed by atoms with van der Waals surface area (Å²) in [6.07, 6.45) is 0. The van der Waals surface area contributed by atoms with Gasteiger partial charge in [-0.3, -0.25) is 10.1 Å².